The fraction of sp³-hybridized carbons (Fsp3) is 0.833. The van der Waals surface area contributed by atoms with Gasteiger partial charge in [-0.1, -0.05) is 13.8 Å². The Morgan fingerprint density at radius 3 is 2.12 bits per heavy atom. The van der Waals surface area contributed by atoms with Crippen LogP contribution in [0.2, 0.25) is 0 Å². The number of ether oxygens (including phenoxy) is 2. The molecule has 94 valence electrons. The van der Waals surface area contributed by atoms with Crippen LogP contribution in [0.3, 0.4) is 0 Å². The fourth-order valence-electron chi connectivity index (χ4n) is 1.23. The zero-order chi connectivity index (χ0) is 12.6. The van der Waals surface area contributed by atoms with E-state index in [4.69, 9.17) is 9.47 Å². The summed E-state index contributed by atoms with van der Waals surface area (Å²) in [7, 11) is 0. The quantitative estimate of drug-likeness (QED) is 0.630. The predicted octanol–water partition coefficient (Wildman–Crippen LogP) is 2.31. The van der Waals surface area contributed by atoms with Gasteiger partial charge in [0.1, 0.15) is 0 Å². The summed E-state index contributed by atoms with van der Waals surface area (Å²) < 4.78 is 9.93. The molecule has 0 bridgehead atoms. The molecule has 1 unspecified atom stereocenters. The van der Waals surface area contributed by atoms with Crippen molar-refractivity contribution < 1.29 is 19.1 Å². The Kier molecular flexibility index (Phi) is 7.60. The van der Waals surface area contributed by atoms with Gasteiger partial charge in [-0.25, -0.2) is 0 Å². The third kappa shape index (κ3) is 8.26. The Morgan fingerprint density at radius 2 is 1.62 bits per heavy atom. The van der Waals surface area contributed by atoms with Gasteiger partial charge in [0.25, 0.3) is 0 Å². The number of carbonyl (C=O) groups is 2. The Bertz CT molecular complexity index is 223. The minimum Gasteiger partial charge on any atom is -0.466 e. The molecule has 16 heavy (non-hydrogen) atoms. The number of carbonyl (C=O) groups excluding carboxylic acids is 2. The lowest BCUT2D eigenvalue weighted by molar-refractivity contribution is -0.149. The molecule has 0 aliphatic rings. The molecule has 4 nitrogen and oxygen atoms in total. The van der Waals surface area contributed by atoms with Gasteiger partial charge in [0, 0.05) is 12.8 Å². The summed E-state index contributed by atoms with van der Waals surface area (Å²) in [5.41, 5.74) is 0. The van der Waals surface area contributed by atoms with Gasteiger partial charge < -0.3 is 9.47 Å². The molecule has 0 aromatic rings. The van der Waals surface area contributed by atoms with Gasteiger partial charge in [0.2, 0.25) is 0 Å². The van der Waals surface area contributed by atoms with Crippen LogP contribution in [0.5, 0.6) is 0 Å². The smallest absolute Gasteiger partial charge is 0.306 e. The average molecular weight is 230 g/mol. The molecule has 0 aliphatic carbocycles. The molecule has 0 aromatic carbocycles. The largest absolute Gasteiger partial charge is 0.466 e. The SMILES string of the molecule is CCCOC(=O)CC(C)CC(=O)OC(C)C. The second-order valence-electron chi connectivity index (χ2n) is 4.27. The Morgan fingerprint density at radius 1 is 1.06 bits per heavy atom. The van der Waals surface area contributed by atoms with Crippen molar-refractivity contribution in [3.8, 4) is 0 Å². The highest BCUT2D eigenvalue weighted by atomic mass is 16.5. The predicted molar refractivity (Wildman–Crippen MR) is 60.9 cm³/mol. The Labute approximate surface area is 97.3 Å². The molecule has 0 N–H and O–H groups in total. The molecule has 1 atom stereocenters. The van der Waals surface area contributed by atoms with Crippen molar-refractivity contribution in [3.63, 3.8) is 0 Å². The first-order valence-electron chi connectivity index (χ1n) is 5.80. The number of hydrogen-bond acceptors (Lipinski definition) is 4. The van der Waals surface area contributed by atoms with Crippen LogP contribution >= 0.6 is 0 Å². The lowest BCUT2D eigenvalue weighted by atomic mass is 10.0. The van der Waals surface area contributed by atoms with Gasteiger partial charge in [-0.3, -0.25) is 9.59 Å². The first kappa shape index (κ1) is 14.9. The lowest BCUT2D eigenvalue weighted by Gasteiger charge is -2.12. The third-order valence-corrected chi connectivity index (χ3v) is 1.86. The fourth-order valence-corrected chi connectivity index (χ4v) is 1.23. The highest BCUT2D eigenvalue weighted by Crippen LogP contribution is 2.10. The summed E-state index contributed by atoms with van der Waals surface area (Å²) in [6.45, 7) is 7.84. The number of hydrogen-bond donors (Lipinski definition) is 0. The van der Waals surface area contributed by atoms with Crippen LogP contribution in [0, 0.1) is 5.92 Å². The standard InChI is InChI=1S/C12H22O4/c1-5-6-15-11(13)7-10(4)8-12(14)16-9(2)3/h9-10H,5-8H2,1-4H3. The maximum Gasteiger partial charge on any atom is 0.306 e. The van der Waals surface area contributed by atoms with Crippen LogP contribution in [-0.2, 0) is 19.1 Å². The minimum atomic E-state index is -0.259. The van der Waals surface area contributed by atoms with Crippen molar-refractivity contribution in [2.75, 3.05) is 6.61 Å². The molecule has 0 fully saturated rings. The second kappa shape index (κ2) is 8.13. The van der Waals surface area contributed by atoms with Crippen LogP contribution in [0.15, 0.2) is 0 Å². The van der Waals surface area contributed by atoms with E-state index in [0.29, 0.717) is 6.61 Å². The zero-order valence-corrected chi connectivity index (χ0v) is 10.6. The van der Waals surface area contributed by atoms with E-state index in [2.05, 4.69) is 0 Å². The van der Waals surface area contributed by atoms with Gasteiger partial charge in [0.15, 0.2) is 0 Å². The molecule has 0 spiro atoms. The van der Waals surface area contributed by atoms with Crippen molar-refractivity contribution >= 4 is 11.9 Å². The van der Waals surface area contributed by atoms with Gasteiger partial charge in [0.05, 0.1) is 12.7 Å². The van der Waals surface area contributed by atoms with E-state index >= 15 is 0 Å². The van der Waals surface area contributed by atoms with E-state index in [1.807, 2.05) is 13.8 Å². The first-order valence-corrected chi connectivity index (χ1v) is 5.80. The molecule has 0 saturated carbocycles. The van der Waals surface area contributed by atoms with Crippen molar-refractivity contribution in [1.29, 1.82) is 0 Å². The second-order valence-corrected chi connectivity index (χ2v) is 4.27. The van der Waals surface area contributed by atoms with Crippen molar-refractivity contribution in [2.24, 2.45) is 5.92 Å². The summed E-state index contributed by atoms with van der Waals surface area (Å²) in [4.78, 5) is 22.5. The maximum absolute atomic E-state index is 11.3. The number of rotatable bonds is 7. The molecule has 0 aliphatic heterocycles. The lowest BCUT2D eigenvalue weighted by Crippen LogP contribution is -2.17. The molecule has 0 rings (SSSR count). The van der Waals surface area contributed by atoms with Gasteiger partial charge in [-0.05, 0) is 26.2 Å². The molecule has 0 radical (unpaired) electrons. The first-order chi connectivity index (χ1) is 7.45. The van der Waals surface area contributed by atoms with E-state index in [1.165, 1.54) is 0 Å². The summed E-state index contributed by atoms with van der Waals surface area (Å²) in [5, 5.41) is 0. The van der Waals surface area contributed by atoms with Crippen molar-refractivity contribution in [2.45, 2.75) is 53.1 Å². The van der Waals surface area contributed by atoms with Gasteiger partial charge >= 0.3 is 11.9 Å². The van der Waals surface area contributed by atoms with Crippen LogP contribution in [0.1, 0.15) is 47.0 Å². The molecular formula is C12H22O4. The summed E-state index contributed by atoms with van der Waals surface area (Å²) >= 11 is 0. The molecule has 0 heterocycles. The van der Waals surface area contributed by atoms with Crippen molar-refractivity contribution in [3.05, 3.63) is 0 Å². The van der Waals surface area contributed by atoms with E-state index in [-0.39, 0.29) is 36.8 Å². The van der Waals surface area contributed by atoms with Crippen LogP contribution in [0.25, 0.3) is 0 Å². The van der Waals surface area contributed by atoms with Crippen LogP contribution in [0.4, 0.5) is 0 Å². The van der Waals surface area contributed by atoms with Crippen molar-refractivity contribution in [1.82, 2.24) is 0 Å². The molecular weight excluding hydrogens is 208 g/mol. The average Bonchev–Trinajstić information content (AvgIpc) is 2.12. The van der Waals surface area contributed by atoms with Gasteiger partial charge in [-0.2, -0.15) is 0 Å². The van der Waals surface area contributed by atoms with E-state index in [0.717, 1.165) is 6.42 Å². The summed E-state index contributed by atoms with van der Waals surface area (Å²) in [6, 6.07) is 0. The Hall–Kier alpha value is -1.06. The molecule has 0 aromatic heterocycles. The maximum atomic E-state index is 11.3. The Balaban J connectivity index is 3.76. The van der Waals surface area contributed by atoms with Gasteiger partial charge in [-0.15, -0.1) is 0 Å². The minimum absolute atomic E-state index is 0.0318. The van der Waals surface area contributed by atoms with E-state index in [9.17, 15) is 9.59 Å². The van der Waals surface area contributed by atoms with Crippen LogP contribution in [-0.4, -0.2) is 24.6 Å². The third-order valence-electron chi connectivity index (χ3n) is 1.86. The topological polar surface area (TPSA) is 52.6 Å². The normalized spacial score (nSPS) is 12.3. The number of esters is 2. The molecule has 0 amide bonds. The van der Waals surface area contributed by atoms with E-state index < -0.39 is 0 Å². The molecule has 0 saturated heterocycles. The zero-order valence-electron chi connectivity index (χ0n) is 10.6. The van der Waals surface area contributed by atoms with Crippen LogP contribution < -0.4 is 0 Å². The van der Waals surface area contributed by atoms with E-state index in [1.54, 1.807) is 13.8 Å². The summed E-state index contributed by atoms with van der Waals surface area (Å²) in [6.07, 6.45) is 1.24. The summed E-state index contributed by atoms with van der Waals surface area (Å²) in [5.74, 6) is -0.534. The monoisotopic (exact) mass is 230 g/mol. The highest BCUT2D eigenvalue weighted by Gasteiger charge is 2.15. The highest BCUT2D eigenvalue weighted by molar-refractivity contribution is 5.73. The molecule has 4 heteroatoms.